The highest BCUT2D eigenvalue weighted by atomic mass is 16.5. The highest BCUT2D eigenvalue weighted by molar-refractivity contribution is 6.06. The molecular weight excluding hydrogens is 414 g/mol. The van der Waals surface area contributed by atoms with Crippen LogP contribution in [0.3, 0.4) is 0 Å². The summed E-state index contributed by atoms with van der Waals surface area (Å²) in [7, 11) is 1.79. The predicted octanol–water partition coefficient (Wildman–Crippen LogP) is 3.69. The SMILES string of the molecule is C/C(N)=C(\c1cnc2c3ccc(C(C)(O)C4CC4)cc3n(CC3CCOCC3)c2c1)N(C)N. The Kier molecular flexibility index (Phi) is 5.59. The number of rotatable bonds is 6. The van der Waals surface area contributed by atoms with Crippen molar-refractivity contribution in [2.45, 2.75) is 51.7 Å². The molecule has 5 rings (SSSR count). The van der Waals surface area contributed by atoms with E-state index in [2.05, 4.69) is 28.8 Å². The summed E-state index contributed by atoms with van der Waals surface area (Å²) in [6.45, 7) is 6.31. The molecule has 7 heteroatoms. The second kappa shape index (κ2) is 8.31. The average molecular weight is 450 g/mol. The summed E-state index contributed by atoms with van der Waals surface area (Å²) in [6.07, 6.45) is 6.12. The first-order valence-electron chi connectivity index (χ1n) is 11.9. The third-order valence-electron chi connectivity index (χ3n) is 7.44. The highest BCUT2D eigenvalue weighted by Crippen LogP contribution is 2.46. The van der Waals surface area contributed by atoms with E-state index in [9.17, 15) is 5.11 Å². The molecule has 0 amide bonds. The van der Waals surface area contributed by atoms with Gasteiger partial charge in [-0.15, -0.1) is 0 Å². The van der Waals surface area contributed by atoms with Crippen LogP contribution in [0.1, 0.15) is 50.7 Å². The number of hydrogen-bond donors (Lipinski definition) is 3. The van der Waals surface area contributed by atoms with Crippen LogP contribution in [0.4, 0.5) is 0 Å². The van der Waals surface area contributed by atoms with Gasteiger partial charge in [-0.25, -0.2) is 5.84 Å². The van der Waals surface area contributed by atoms with Crippen LogP contribution < -0.4 is 11.6 Å². The van der Waals surface area contributed by atoms with Crippen LogP contribution in [0, 0.1) is 11.8 Å². The first kappa shape index (κ1) is 22.2. The third-order valence-corrected chi connectivity index (χ3v) is 7.44. The second-order valence-corrected chi connectivity index (χ2v) is 10.1. The van der Waals surface area contributed by atoms with Gasteiger partial charge < -0.3 is 25.2 Å². The normalized spacial score (nSPS) is 20.2. The van der Waals surface area contributed by atoms with Crippen LogP contribution >= 0.6 is 0 Å². The maximum atomic E-state index is 11.2. The molecule has 33 heavy (non-hydrogen) atoms. The summed E-state index contributed by atoms with van der Waals surface area (Å²) in [4.78, 5) is 4.87. The largest absolute Gasteiger partial charge is 0.401 e. The van der Waals surface area contributed by atoms with Crippen molar-refractivity contribution in [3.8, 4) is 0 Å². The van der Waals surface area contributed by atoms with E-state index in [0.717, 1.165) is 84.2 Å². The van der Waals surface area contributed by atoms with Gasteiger partial charge in [-0.1, -0.05) is 12.1 Å². The Morgan fingerprint density at radius 2 is 1.94 bits per heavy atom. The second-order valence-electron chi connectivity index (χ2n) is 10.1. The van der Waals surface area contributed by atoms with E-state index in [1.807, 2.05) is 20.0 Å². The van der Waals surface area contributed by atoms with Gasteiger partial charge >= 0.3 is 0 Å². The zero-order valence-electron chi connectivity index (χ0n) is 19.8. The molecule has 176 valence electrons. The summed E-state index contributed by atoms with van der Waals surface area (Å²) in [5.41, 5.74) is 11.8. The van der Waals surface area contributed by atoms with Crippen molar-refractivity contribution >= 4 is 27.6 Å². The molecular formula is C26H35N5O2. The van der Waals surface area contributed by atoms with Crippen molar-refractivity contribution in [2.75, 3.05) is 20.3 Å². The third kappa shape index (κ3) is 3.98. The Bertz CT molecular complexity index is 1210. The smallest absolute Gasteiger partial charge is 0.0960 e. The fourth-order valence-corrected chi connectivity index (χ4v) is 5.37. The molecule has 1 saturated carbocycles. The molecule has 2 aromatic heterocycles. The Morgan fingerprint density at radius 1 is 1.21 bits per heavy atom. The van der Waals surface area contributed by atoms with E-state index in [4.69, 9.17) is 21.3 Å². The van der Waals surface area contributed by atoms with Crippen molar-refractivity contribution < 1.29 is 9.84 Å². The van der Waals surface area contributed by atoms with Gasteiger partial charge in [0.2, 0.25) is 0 Å². The summed E-state index contributed by atoms with van der Waals surface area (Å²) >= 11 is 0. The average Bonchev–Trinajstić information content (AvgIpc) is 3.60. The molecule has 2 aliphatic rings. The van der Waals surface area contributed by atoms with E-state index < -0.39 is 5.60 Å². The molecule has 1 aromatic carbocycles. The van der Waals surface area contributed by atoms with Crippen LogP contribution in [0.2, 0.25) is 0 Å². The van der Waals surface area contributed by atoms with Crippen LogP contribution in [-0.2, 0) is 16.9 Å². The Hall–Kier alpha value is -2.61. The lowest BCUT2D eigenvalue weighted by molar-refractivity contribution is 0.0332. The monoisotopic (exact) mass is 449 g/mol. The molecule has 1 atom stereocenters. The highest BCUT2D eigenvalue weighted by Gasteiger charge is 2.41. The van der Waals surface area contributed by atoms with E-state index in [1.54, 1.807) is 12.1 Å². The van der Waals surface area contributed by atoms with E-state index in [-0.39, 0.29) is 0 Å². The van der Waals surface area contributed by atoms with Gasteiger partial charge in [0.1, 0.15) is 0 Å². The van der Waals surface area contributed by atoms with Crippen LogP contribution in [0.15, 0.2) is 36.2 Å². The van der Waals surface area contributed by atoms with Gasteiger partial charge in [0, 0.05) is 49.6 Å². The first-order chi connectivity index (χ1) is 15.8. The maximum Gasteiger partial charge on any atom is 0.0960 e. The number of aliphatic hydroxyl groups is 1. The number of benzene rings is 1. The molecule has 0 radical (unpaired) electrons. The van der Waals surface area contributed by atoms with E-state index in [0.29, 0.717) is 17.5 Å². The molecule has 1 aliphatic heterocycles. The van der Waals surface area contributed by atoms with Gasteiger partial charge in [-0.05, 0) is 69.1 Å². The van der Waals surface area contributed by atoms with Gasteiger partial charge in [0.05, 0.1) is 27.8 Å². The lowest BCUT2D eigenvalue weighted by Gasteiger charge is -2.25. The summed E-state index contributed by atoms with van der Waals surface area (Å²) in [6, 6.07) is 8.51. The quantitative estimate of drug-likeness (QED) is 0.392. The van der Waals surface area contributed by atoms with E-state index in [1.165, 1.54) is 0 Å². The minimum absolute atomic E-state index is 0.341. The minimum Gasteiger partial charge on any atom is -0.401 e. The fourth-order valence-electron chi connectivity index (χ4n) is 5.37. The molecule has 1 aliphatic carbocycles. The number of ether oxygens (including phenoxy) is 1. The summed E-state index contributed by atoms with van der Waals surface area (Å²) in [5, 5.41) is 13.9. The number of hydrazine groups is 1. The Balaban J connectivity index is 1.71. The zero-order chi connectivity index (χ0) is 23.3. The van der Waals surface area contributed by atoms with Crippen LogP contribution in [-0.4, -0.2) is 39.9 Å². The minimum atomic E-state index is -0.804. The van der Waals surface area contributed by atoms with Gasteiger partial charge in [-0.3, -0.25) is 4.98 Å². The molecule has 1 unspecified atom stereocenters. The number of fused-ring (bicyclic) bond motifs is 3. The van der Waals surface area contributed by atoms with Crippen LogP contribution in [0.25, 0.3) is 27.6 Å². The lowest BCUT2D eigenvalue weighted by Crippen LogP contribution is -2.26. The number of nitrogens with zero attached hydrogens (tertiary/aromatic N) is 3. The number of aromatic nitrogens is 2. The lowest BCUT2D eigenvalue weighted by atomic mass is 9.90. The van der Waals surface area contributed by atoms with Gasteiger partial charge in [0.15, 0.2) is 0 Å². The summed E-state index contributed by atoms with van der Waals surface area (Å²) in [5.74, 6) is 6.98. The molecule has 2 fully saturated rings. The maximum absolute atomic E-state index is 11.2. The van der Waals surface area contributed by atoms with Gasteiger partial charge in [-0.2, -0.15) is 0 Å². The van der Waals surface area contributed by atoms with Gasteiger partial charge in [0.25, 0.3) is 0 Å². The molecule has 5 N–H and O–H groups in total. The van der Waals surface area contributed by atoms with Crippen LogP contribution in [0.5, 0.6) is 0 Å². The molecule has 1 saturated heterocycles. The van der Waals surface area contributed by atoms with Crippen molar-refractivity contribution in [1.29, 1.82) is 0 Å². The molecule has 0 spiro atoms. The Labute approximate surface area is 195 Å². The number of nitrogens with two attached hydrogens (primary N) is 2. The number of hydrogen-bond acceptors (Lipinski definition) is 6. The fraction of sp³-hybridized carbons (Fsp3) is 0.500. The topological polar surface area (TPSA) is 103 Å². The number of allylic oxidation sites excluding steroid dienone is 1. The standard InChI is InChI=1S/C26H35N5O2/c1-16(27)25(30(3)28)18-12-23-24(29-14-18)21-7-6-20(26(2,32)19-4-5-19)13-22(21)31(23)15-17-8-10-33-11-9-17/h6-7,12-14,17,19,32H,4-5,8-11,15,27-28H2,1-3H3/b25-16-. The molecule has 0 bridgehead atoms. The molecule has 3 aromatic rings. The predicted molar refractivity (Wildman–Crippen MR) is 132 cm³/mol. The van der Waals surface area contributed by atoms with Crippen molar-refractivity contribution in [3.05, 3.63) is 47.3 Å². The Morgan fingerprint density at radius 3 is 2.58 bits per heavy atom. The van der Waals surface area contributed by atoms with E-state index >= 15 is 0 Å². The van der Waals surface area contributed by atoms with Crippen molar-refractivity contribution in [1.82, 2.24) is 14.6 Å². The van der Waals surface area contributed by atoms with Crippen molar-refractivity contribution in [3.63, 3.8) is 0 Å². The number of pyridine rings is 1. The zero-order valence-corrected chi connectivity index (χ0v) is 19.8. The molecule has 3 heterocycles. The van der Waals surface area contributed by atoms with Crippen molar-refractivity contribution in [2.24, 2.45) is 23.4 Å². The molecule has 7 nitrogen and oxygen atoms in total. The first-order valence-corrected chi connectivity index (χ1v) is 11.9. The summed E-state index contributed by atoms with van der Waals surface area (Å²) < 4.78 is 7.98.